The summed E-state index contributed by atoms with van der Waals surface area (Å²) in [5.74, 6) is 0.823. The summed E-state index contributed by atoms with van der Waals surface area (Å²) < 4.78 is 5.24. The van der Waals surface area contributed by atoms with Crippen LogP contribution in [0.2, 0.25) is 0 Å². The van der Waals surface area contributed by atoms with Crippen molar-refractivity contribution in [1.29, 1.82) is 0 Å². The number of aliphatic carboxylic acids is 1. The molecule has 2 heterocycles. The molecule has 2 rings (SSSR count). The average molecular weight is 281 g/mol. The molecule has 1 unspecified atom stereocenters. The van der Waals surface area contributed by atoms with Crippen molar-refractivity contribution in [3.63, 3.8) is 0 Å². The van der Waals surface area contributed by atoms with Crippen molar-refractivity contribution in [2.45, 2.75) is 52.5 Å². The number of carbonyl (C=O) groups is 1. The quantitative estimate of drug-likeness (QED) is 0.892. The standard InChI is InChI=1S/C14H23N3O3/c1-4-14(13(18)19)6-5-7-17(9-14)8-11-15-12(10(2)3)16-20-11/h10H,4-9H2,1-3H3,(H,18,19). The van der Waals surface area contributed by atoms with Crippen molar-refractivity contribution in [3.05, 3.63) is 11.7 Å². The lowest BCUT2D eigenvalue weighted by atomic mass is 9.77. The molecule has 1 atom stereocenters. The summed E-state index contributed by atoms with van der Waals surface area (Å²) in [6.45, 7) is 7.95. The van der Waals surface area contributed by atoms with Crippen molar-refractivity contribution in [3.8, 4) is 0 Å². The van der Waals surface area contributed by atoms with E-state index in [1.165, 1.54) is 0 Å². The number of hydrogen-bond acceptors (Lipinski definition) is 5. The molecule has 0 aromatic carbocycles. The Bertz CT molecular complexity index is 472. The fourth-order valence-corrected chi connectivity index (χ4v) is 2.73. The first-order valence-electron chi connectivity index (χ1n) is 7.25. The maximum absolute atomic E-state index is 11.5. The third-order valence-electron chi connectivity index (χ3n) is 4.15. The first-order valence-corrected chi connectivity index (χ1v) is 7.25. The number of likely N-dealkylation sites (tertiary alicyclic amines) is 1. The van der Waals surface area contributed by atoms with Gasteiger partial charge in [-0.2, -0.15) is 4.98 Å². The van der Waals surface area contributed by atoms with Crippen LogP contribution in [0.15, 0.2) is 4.52 Å². The Kier molecular flexibility index (Phi) is 4.42. The number of hydrogen-bond donors (Lipinski definition) is 1. The minimum absolute atomic E-state index is 0.239. The van der Waals surface area contributed by atoms with Crippen molar-refractivity contribution in [1.82, 2.24) is 15.0 Å². The van der Waals surface area contributed by atoms with E-state index in [4.69, 9.17) is 4.52 Å². The zero-order valence-corrected chi connectivity index (χ0v) is 12.4. The summed E-state index contributed by atoms with van der Waals surface area (Å²) in [5, 5.41) is 13.4. The highest BCUT2D eigenvalue weighted by Gasteiger charge is 2.41. The molecule has 1 saturated heterocycles. The number of rotatable bonds is 5. The molecular weight excluding hydrogens is 258 g/mol. The molecule has 0 spiro atoms. The Morgan fingerprint density at radius 1 is 1.55 bits per heavy atom. The zero-order valence-electron chi connectivity index (χ0n) is 12.4. The lowest BCUT2D eigenvalue weighted by molar-refractivity contribution is -0.153. The lowest BCUT2D eigenvalue weighted by Crippen LogP contribution is -2.47. The average Bonchev–Trinajstić information content (AvgIpc) is 2.87. The van der Waals surface area contributed by atoms with Crippen LogP contribution in [0.25, 0.3) is 0 Å². The number of aromatic nitrogens is 2. The number of carboxylic acids is 1. The van der Waals surface area contributed by atoms with E-state index in [2.05, 4.69) is 15.0 Å². The van der Waals surface area contributed by atoms with Crippen LogP contribution in [0.1, 0.15) is 57.7 Å². The van der Waals surface area contributed by atoms with Crippen LogP contribution in [0.4, 0.5) is 0 Å². The van der Waals surface area contributed by atoms with E-state index in [0.717, 1.165) is 19.4 Å². The van der Waals surface area contributed by atoms with E-state index in [9.17, 15) is 9.90 Å². The van der Waals surface area contributed by atoms with E-state index in [1.807, 2.05) is 20.8 Å². The van der Waals surface area contributed by atoms with Gasteiger partial charge in [-0.15, -0.1) is 0 Å². The molecule has 1 aromatic rings. The van der Waals surface area contributed by atoms with E-state index < -0.39 is 11.4 Å². The van der Waals surface area contributed by atoms with Crippen LogP contribution in [0.5, 0.6) is 0 Å². The van der Waals surface area contributed by atoms with Gasteiger partial charge < -0.3 is 9.63 Å². The number of piperidine rings is 1. The van der Waals surface area contributed by atoms with Crippen LogP contribution in [0, 0.1) is 5.41 Å². The van der Waals surface area contributed by atoms with Crippen LogP contribution in [-0.2, 0) is 11.3 Å². The Balaban J connectivity index is 2.03. The molecule has 1 N–H and O–H groups in total. The first kappa shape index (κ1) is 15.0. The van der Waals surface area contributed by atoms with Gasteiger partial charge in [0, 0.05) is 12.5 Å². The maximum Gasteiger partial charge on any atom is 0.310 e. The molecule has 0 amide bonds. The number of carboxylic acid groups (broad SMARTS) is 1. The Morgan fingerprint density at radius 2 is 2.30 bits per heavy atom. The highest BCUT2D eigenvalue weighted by Crippen LogP contribution is 2.34. The zero-order chi connectivity index (χ0) is 14.8. The second-order valence-corrected chi connectivity index (χ2v) is 5.95. The third kappa shape index (κ3) is 3.00. The molecule has 6 heteroatoms. The summed E-state index contributed by atoms with van der Waals surface area (Å²) in [4.78, 5) is 18.0. The predicted molar refractivity (Wildman–Crippen MR) is 73.3 cm³/mol. The van der Waals surface area contributed by atoms with E-state index in [-0.39, 0.29) is 5.92 Å². The van der Waals surface area contributed by atoms with Gasteiger partial charge in [0.25, 0.3) is 0 Å². The second kappa shape index (κ2) is 5.91. The van der Waals surface area contributed by atoms with Gasteiger partial charge in [0.1, 0.15) is 0 Å². The van der Waals surface area contributed by atoms with Crippen LogP contribution < -0.4 is 0 Å². The fraction of sp³-hybridized carbons (Fsp3) is 0.786. The maximum atomic E-state index is 11.5. The molecule has 1 aliphatic heterocycles. The molecule has 0 aliphatic carbocycles. The van der Waals surface area contributed by atoms with Crippen molar-refractivity contribution >= 4 is 5.97 Å². The minimum Gasteiger partial charge on any atom is -0.481 e. The van der Waals surface area contributed by atoms with Gasteiger partial charge >= 0.3 is 5.97 Å². The normalized spacial score (nSPS) is 24.2. The monoisotopic (exact) mass is 281 g/mol. The third-order valence-corrected chi connectivity index (χ3v) is 4.15. The highest BCUT2D eigenvalue weighted by molar-refractivity contribution is 5.75. The molecule has 112 valence electrons. The lowest BCUT2D eigenvalue weighted by Gasteiger charge is -2.38. The fourth-order valence-electron chi connectivity index (χ4n) is 2.73. The van der Waals surface area contributed by atoms with Gasteiger partial charge in [-0.25, -0.2) is 0 Å². The van der Waals surface area contributed by atoms with Gasteiger partial charge in [0.15, 0.2) is 5.82 Å². The molecule has 0 bridgehead atoms. The van der Waals surface area contributed by atoms with E-state index >= 15 is 0 Å². The Hall–Kier alpha value is -1.43. The minimum atomic E-state index is -0.696. The van der Waals surface area contributed by atoms with E-state index in [0.29, 0.717) is 31.2 Å². The van der Waals surface area contributed by atoms with Crippen LogP contribution in [-0.4, -0.2) is 39.2 Å². The summed E-state index contributed by atoms with van der Waals surface area (Å²) in [5.41, 5.74) is -0.626. The van der Waals surface area contributed by atoms with Gasteiger partial charge in [-0.1, -0.05) is 25.9 Å². The summed E-state index contributed by atoms with van der Waals surface area (Å²) >= 11 is 0. The largest absolute Gasteiger partial charge is 0.481 e. The summed E-state index contributed by atoms with van der Waals surface area (Å²) in [6, 6.07) is 0. The smallest absolute Gasteiger partial charge is 0.310 e. The summed E-state index contributed by atoms with van der Waals surface area (Å²) in [6.07, 6.45) is 2.29. The van der Waals surface area contributed by atoms with Crippen molar-refractivity contribution in [2.75, 3.05) is 13.1 Å². The Morgan fingerprint density at radius 3 is 2.85 bits per heavy atom. The summed E-state index contributed by atoms with van der Waals surface area (Å²) in [7, 11) is 0. The van der Waals surface area contributed by atoms with Gasteiger partial charge in [0.2, 0.25) is 5.89 Å². The molecule has 20 heavy (non-hydrogen) atoms. The van der Waals surface area contributed by atoms with Gasteiger partial charge in [-0.3, -0.25) is 9.69 Å². The molecule has 1 fully saturated rings. The molecule has 1 aliphatic rings. The van der Waals surface area contributed by atoms with Crippen molar-refractivity contribution < 1.29 is 14.4 Å². The van der Waals surface area contributed by atoms with Crippen molar-refractivity contribution in [2.24, 2.45) is 5.41 Å². The van der Waals surface area contributed by atoms with Crippen LogP contribution >= 0.6 is 0 Å². The number of nitrogens with zero attached hydrogens (tertiary/aromatic N) is 3. The first-order chi connectivity index (χ1) is 9.47. The topological polar surface area (TPSA) is 79.5 Å². The molecule has 1 aromatic heterocycles. The second-order valence-electron chi connectivity index (χ2n) is 5.95. The molecule has 0 saturated carbocycles. The van der Waals surface area contributed by atoms with Crippen LogP contribution in [0.3, 0.4) is 0 Å². The van der Waals surface area contributed by atoms with Gasteiger partial charge in [0.05, 0.1) is 12.0 Å². The molecule has 0 radical (unpaired) electrons. The highest BCUT2D eigenvalue weighted by atomic mass is 16.5. The molecule has 6 nitrogen and oxygen atoms in total. The van der Waals surface area contributed by atoms with E-state index in [1.54, 1.807) is 0 Å². The van der Waals surface area contributed by atoms with Gasteiger partial charge in [-0.05, 0) is 25.8 Å². The SMILES string of the molecule is CCC1(C(=O)O)CCCN(Cc2nc(C(C)C)no2)C1. The molecular formula is C14H23N3O3. The Labute approximate surface area is 119 Å². The predicted octanol–water partition coefficient (Wildman–Crippen LogP) is 2.27.